The molecule has 22 heavy (non-hydrogen) atoms. The second-order valence-corrected chi connectivity index (χ2v) is 5.69. The van der Waals surface area contributed by atoms with Crippen LogP contribution in [0.2, 0.25) is 0 Å². The van der Waals surface area contributed by atoms with Gasteiger partial charge in [-0.2, -0.15) is 0 Å². The van der Waals surface area contributed by atoms with Crippen LogP contribution in [0.4, 0.5) is 18.9 Å². The van der Waals surface area contributed by atoms with Gasteiger partial charge in [0.05, 0.1) is 11.7 Å². The Hall–Kier alpha value is -1.56. The summed E-state index contributed by atoms with van der Waals surface area (Å²) in [5.41, 5.74) is -0.331. The Kier molecular flexibility index (Phi) is 5.83. The van der Waals surface area contributed by atoms with Gasteiger partial charge in [0.2, 0.25) is 5.91 Å². The van der Waals surface area contributed by atoms with E-state index in [1.165, 1.54) is 6.42 Å². The minimum Gasteiger partial charge on any atom is -0.322 e. The molecule has 3 nitrogen and oxygen atoms in total. The molecule has 2 rings (SSSR count). The average Bonchev–Trinajstić information content (AvgIpc) is 2.47. The van der Waals surface area contributed by atoms with Crippen molar-refractivity contribution in [2.75, 3.05) is 18.4 Å². The quantitative estimate of drug-likeness (QED) is 0.863. The van der Waals surface area contributed by atoms with Crippen LogP contribution in [-0.2, 0) is 4.79 Å². The third-order valence-corrected chi connectivity index (χ3v) is 4.11. The van der Waals surface area contributed by atoms with Crippen LogP contribution >= 0.6 is 0 Å². The lowest BCUT2D eigenvalue weighted by molar-refractivity contribution is -0.120. The van der Waals surface area contributed by atoms with Gasteiger partial charge in [0.15, 0.2) is 17.5 Å². The molecule has 122 valence electrons. The number of hydrogen-bond acceptors (Lipinski definition) is 2. The van der Waals surface area contributed by atoms with Gasteiger partial charge in [-0.15, -0.1) is 0 Å². The number of carbonyl (C=O) groups excluding carboxylic acids is 1. The van der Waals surface area contributed by atoms with Crippen LogP contribution in [0.5, 0.6) is 0 Å². The topological polar surface area (TPSA) is 32.3 Å². The molecular weight excluding hydrogens is 293 g/mol. The van der Waals surface area contributed by atoms with Crippen LogP contribution in [0.25, 0.3) is 0 Å². The maximum absolute atomic E-state index is 13.6. The molecular formula is C16H21F3N2O. The summed E-state index contributed by atoms with van der Waals surface area (Å²) < 4.78 is 39.7. The lowest BCUT2D eigenvalue weighted by atomic mass is 10.1. The average molecular weight is 314 g/mol. The Balaban J connectivity index is 2.03. The molecule has 6 heteroatoms. The van der Waals surface area contributed by atoms with Crippen molar-refractivity contribution in [2.24, 2.45) is 0 Å². The Morgan fingerprint density at radius 1 is 1.05 bits per heavy atom. The number of anilines is 1. The smallest absolute Gasteiger partial charge is 0.241 e. The summed E-state index contributed by atoms with van der Waals surface area (Å²) in [6.07, 6.45) is 5.55. The normalized spacial score (nSPS) is 18.4. The fraction of sp³-hybridized carbons (Fsp3) is 0.562. The van der Waals surface area contributed by atoms with Gasteiger partial charge in [-0.25, -0.2) is 13.2 Å². The van der Waals surface area contributed by atoms with E-state index in [1.807, 2.05) is 4.90 Å². The Labute approximate surface area is 128 Å². The van der Waals surface area contributed by atoms with E-state index in [-0.39, 0.29) is 5.69 Å². The van der Waals surface area contributed by atoms with Gasteiger partial charge < -0.3 is 5.32 Å². The first kappa shape index (κ1) is 16.8. The summed E-state index contributed by atoms with van der Waals surface area (Å²) in [6, 6.07) is 1.39. The molecule has 1 aromatic rings. The highest BCUT2D eigenvalue weighted by Gasteiger charge is 2.23. The van der Waals surface area contributed by atoms with Crippen molar-refractivity contribution in [3.05, 3.63) is 29.6 Å². The van der Waals surface area contributed by atoms with Gasteiger partial charge in [-0.3, -0.25) is 9.69 Å². The first-order chi connectivity index (χ1) is 10.5. The zero-order valence-corrected chi connectivity index (χ0v) is 12.7. The van der Waals surface area contributed by atoms with Gasteiger partial charge in [0.25, 0.3) is 0 Å². The molecule has 1 amide bonds. The zero-order valence-electron chi connectivity index (χ0n) is 12.7. The van der Waals surface area contributed by atoms with Gasteiger partial charge >= 0.3 is 0 Å². The minimum atomic E-state index is -1.57. The predicted octanol–water partition coefficient (Wildman–Crippen LogP) is 3.70. The minimum absolute atomic E-state index is 0.331. The first-order valence-corrected chi connectivity index (χ1v) is 7.69. The van der Waals surface area contributed by atoms with Crippen molar-refractivity contribution < 1.29 is 18.0 Å². The Bertz CT molecular complexity index is 528. The molecule has 1 aliphatic rings. The molecule has 0 bridgehead atoms. The standard InChI is InChI=1S/C16H21F3N2O/c1-11(21-9-5-3-2-4-6-10-21)16(22)20-13-8-7-12(17)14(18)15(13)19/h7-8,11H,2-6,9-10H2,1H3,(H,20,22)/t11-/m0/s1. The predicted molar refractivity (Wildman–Crippen MR) is 79.1 cm³/mol. The van der Waals surface area contributed by atoms with Crippen molar-refractivity contribution in [2.45, 2.75) is 45.1 Å². The van der Waals surface area contributed by atoms with Crippen molar-refractivity contribution in [3.8, 4) is 0 Å². The summed E-state index contributed by atoms with van der Waals surface area (Å²) in [4.78, 5) is 14.3. The van der Waals surface area contributed by atoms with Gasteiger partial charge in [-0.1, -0.05) is 19.3 Å². The number of halogens is 3. The van der Waals surface area contributed by atoms with E-state index in [9.17, 15) is 18.0 Å². The van der Waals surface area contributed by atoms with Crippen molar-refractivity contribution in [1.82, 2.24) is 4.90 Å². The highest BCUT2D eigenvalue weighted by atomic mass is 19.2. The highest BCUT2D eigenvalue weighted by Crippen LogP contribution is 2.20. The van der Waals surface area contributed by atoms with Crippen LogP contribution in [-0.4, -0.2) is 29.9 Å². The molecule has 0 spiro atoms. The molecule has 1 aliphatic heterocycles. The lowest BCUT2D eigenvalue weighted by Crippen LogP contribution is -2.43. The molecule has 1 aromatic carbocycles. The SMILES string of the molecule is C[C@@H](C(=O)Nc1ccc(F)c(F)c1F)N1CCCCCCC1. The molecule has 1 N–H and O–H groups in total. The lowest BCUT2D eigenvalue weighted by Gasteiger charge is -2.29. The molecule has 0 saturated carbocycles. The van der Waals surface area contributed by atoms with Crippen molar-refractivity contribution >= 4 is 11.6 Å². The molecule has 1 atom stereocenters. The molecule has 0 radical (unpaired) electrons. The number of amides is 1. The van der Waals surface area contributed by atoms with Crippen LogP contribution < -0.4 is 5.32 Å². The molecule has 1 fully saturated rings. The van der Waals surface area contributed by atoms with E-state index in [2.05, 4.69) is 5.32 Å². The zero-order chi connectivity index (χ0) is 16.1. The molecule has 1 saturated heterocycles. The molecule has 0 unspecified atom stereocenters. The maximum Gasteiger partial charge on any atom is 0.241 e. The molecule has 0 aromatic heterocycles. The van der Waals surface area contributed by atoms with Crippen LogP contribution in [0.1, 0.15) is 39.0 Å². The third kappa shape index (κ3) is 4.00. The second-order valence-electron chi connectivity index (χ2n) is 5.69. The Morgan fingerprint density at radius 2 is 1.64 bits per heavy atom. The summed E-state index contributed by atoms with van der Waals surface area (Å²) in [5, 5.41) is 2.35. The number of carbonyl (C=O) groups is 1. The van der Waals surface area contributed by atoms with Crippen LogP contribution in [0.3, 0.4) is 0 Å². The van der Waals surface area contributed by atoms with E-state index in [4.69, 9.17) is 0 Å². The summed E-state index contributed by atoms with van der Waals surface area (Å²) >= 11 is 0. The van der Waals surface area contributed by atoms with E-state index in [0.717, 1.165) is 50.9 Å². The van der Waals surface area contributed by atoms with E-state index >= 15 is 0 Å². The summed E-state index contributed by atoms with van der Waals surface area (Å²) in [7, 11) is 0. The molecule has 0 aliphatic carbocycles. The van der Waals surface area contributed by atoms with Gasteiger partial charge in [0, 0.05) is 0 Å². The number of rotatable bonds is 3. The number of benzene rings is 1. The largest absolute Gasteiger partial charge is 0.322 e. The monoisotopic (exact) mass is 314 g/mol. The highest BCUT2D eigenvalue weighted by molar-refractivity contribution is 5.94. The number of hydrogen-bond donors (Lipinski definition) is 1. The van der Waals surface area contributed by atoms with E-state index in [0.29, 0.717) is 0 Å². The van der Waals surface area contributed by atoms with E-state index in [1.54, 1.807) is 6.92 Å². The summed E-state index contributed by atoms with van der Waals surface area (Å²) in [6.45, 7) is 3.37. The maximum atomic E-state index is 13.6. The van der Waals surface area contributed by atoms with Crippen molar-refractivity contribution in [3.63, 3.8) is 0 Å². The Morgan fingerprint density at radius 3 is 2.27 bits per heavy atom. The fourth-order valence-corrected chi connectivity index (χ4v) is 2.68. The van der Waals surface area contributed by atoms with Crippen molar-refractivity contribution in [1.29, 1.82) is 0 Å². The van der Waals surface area contributed by atoms with E-state index < -0.39 is 29.4 Å². The second kappa shape index (κ2) is 7.63. The summed E-state index contributed by atoms with van der Waals surface area (Å²) in [5.74, 6) is -4.62. The van der Waals surface area contributed by atoms with Gasteiger partial charge in [-0.05, 0) is 45.0 Å². The van der Waals surface area contributed by atoms with Crippen LogP contribution in [0.15, 0.2) is 12.1 Å². The third-order valence-electron chi connectivity index (χ3n) is 4.11. The molecule has 1 heterocycles. The number of nitrogens with zero attached hydrogens (tertiary/aromatic N) is 1. The first-order valence-electron chi connectivity index (χ1n) is 7.69. The number of nitrogens with one attached hydrogen (secondary N) is 1. The van der Waals surface area contributed by atoms with Crippen LogP contribution in [0, 0.1) is 17.5 Å². The number of likely N-dealkylation sites (tertiary alicyclic amines) is 1. The van der Waals surface area contributed by atoms with Gasteiger partial charge in [0.1, 0.15) is 0 Å². The fourth-order valence-electron chi connectivity index (χ4n) is 2.68.